The number of aromatic nitrogens is 2. The van der Waals surface area contributed by atoms with Crippen LogP contribution in [-0.2, 0) is 0 Å². The highest BCUT2D eigenvalue weighted by molar-refractivity contribution is 9.11. The Morgan fingerprint density at radius 2 is 2.12 bits per heavy atom. The molecular formula is C10H9BrFN3S. The molecule has 0 atom stereocenters. The van der Waals surface area contributed by atoms with Crippen LogP contribution < -0.4 is 4.90 Å². The lowest BCUT2D eigenvalue weighted by molar-refractivity contribution is 0.625. The van der Waals surface area contributed by atoms with E-state index in [1.807, 2.05) is 6.92 Å². The van der Waals surface area contributed by atoms with Gasteiger partial charge in [0, 0.05) is 6.54 Å². The number of benzene rings is 1. The molecule has 0 saturated heterocycles. The van der Waals surface area contributed by atoms with E-state index >= 15 is 0 Å². The Kier molecular flexibility index (Phi) is 3.50. The molecule has 84 valence electrons. The maximum atomic E-state index is 13.6. The molecule has 2 aromatic rings. The van der Waals surface area contributed by atoms with E-state index in [9.17, 15) is 4.39 Å². The Bertz CT molecular complexity index is 488. The van der Waals surface area contributed by atoms with Crippen molar-refractivity contribution >= 4 is 38.1 Å². The largest absolute Gasteiger partial charge is 0.314 e. The molecule has 0 aliphatic carbocycles. The fraction of sp³-hybridized carbons (Fsp3) is 0.200. The summed E-state index contributed by atoms with van der Waals surface area (Å²) in [7, 11) is 0. The van der Waals surface area contributed by atoms with Crippen molar-refractivity contribution in [3.05, 3.63) is 34.0 Å². The zero-order valence-electron chi connectivity index (χ0n) is 8.52. The zero-order chi connectivity index (χ0) is 11.5. The quantitative estimate of drug-likeness (QED) is 0.867. The van der Waals surface area contributed by atoms with E-state index in [-0.39, 0.29) is 5.82 Å². The van der Waals surface area contributed by atoms with Crippen molar-refractivity contribution in [3.8, 4) is 0 Å². The van der Waals surface area contributed by atoms with Crippen molar-refractivity contribution in [1.29, 1.82) is 0 Å². The van der Waals surface area contributed by atoms with Crippen molar-refractivity contribution in [2.75, 3.05) is 11.4 Å². The predicted molar refractivity (Wildman–Crippen MR) is 66.7 cm³/mol. The molecule has 1 aromatic carbocycles. The van der Waals surface area contributed by atoms with E-state index in [2.05, 4.69) is 26.1 Å². The number of para-hydroxylation sites is 1. The third kappa shape index (κ3) is 2.22. The fourth-order valence-electron chi connectivity index (χ4n) is 1.39. The molecule has 0 fully saturated rings. The average Bonchev–Trinajstić information content (AvgIpc) is 2.69. The molecule has 0 aliphatic heterocycles. The SMILES string of the molecule is CCN(c1nnc(Br)s1)c1ccccc1F. The molecule has 1 aromatic heterocycles. The van der Waals surface area contributed by atoms with Gasteiger partial charge >= 0.3 is 0 Å². The average molecular weight is 302 g/mol. The summed E-state index contributed by atoms with van der Waals surface area (Å²) < 4.78 is 14.3. The van der Waals surface area contributed by atoms with Crippen molar-refractivity contribution in [3.63, 3.8) is 0 Å². The summed E-state index contributed by atoms with van der Waals surface area (Å²) in [6, 6.07) is 6.64. The van der Waals surface area contributed by atoms with Gasteiger partial charge in [-0.1, -0.05) is 23.5 Å². The lowest BCUT2D eigenvalue weighted by Gasteiger charge is -2.19. The van der Waals surface area contributed by atoms with Gasteiger partial charge in [-0.15, -0.1) is 10.2 Å². The zero-order valence-corrected chi connectivity index (χ0v) is 10.9. The Hall–Kier alpha value is -1.01. The van der Waals surface area contributed by atoms with Crippen LogP contribution in [0, 0.1) is 5.82 Å². The number of hydrogen-bond donors (Lipinski definition) is 0. The molecule has 0 saturated carbocycles. The van der Waals surface area contributed by atoms with Gasteiger partial charge in [-0.25, -0.2) is 4.39 Å². The van der Waals surface area contributed by atoms with Gasteiger partial charge in [0.15, 0.2) is 3.92 Å². The fourth-order valence-corrected chi connectivity index (χ4v) is 2.55. The van der Waals surface area contributed by atoms with Gasteiger partial charge in [-0.2, -0.15) is 0 Å². The molecule has 0 aliphatic rings. The second-order valence-corrected chi connectivity index (χ2v) is 5.27. The van der Waals surface area contributed by atoms with E-state index in [0.717, 1.165) is 0 Å². The number of rotatable bonds is 3. The minimum absolute atomic E-state index is 0.254. The summed E-state index contributed by atoms with van der Waals surface area (Å²) in [6.07, 6.45) is 0. The van der Waals surface area contributed by atoms with Crippen LogP contribution in [0.2, 0.25) is 0 Å². The number of nitrogens with zero attached hydrogens (tertiary/aromatic N) is 3. The predicted octanol–water partition coefficient (Wildman–Crippen LogP) is 3.60. The Morgan fingerprint density at radius 3 is 2.69 bits per heavy atom. The number of anilines is 2. The Labute approximate surface area is 105 Å². The maximum absolute atomic E-state index is 13.6. The van der Waals surface area contributed by atoms with E-state index in [4.69, 9.17) is 0 Å². The van der Waals surface area contributed by atoms with Gasteiger partial charge in [0.05, 0.1) is 5.69 Å². The van der Waals surface area contributed by atoms with E-state index in [1.54, 1.807) is 23.1 Å². The molecule has 3 nitrogen and oxygen atoms in total. The summed E-state index contributed by atoms with van der Waals surface area (Å²) in [5, 5.41) is 8.53. The first kappa shape index (κ1) is 11.5. The molecule has 0 radical (unpaired) electrons. The van der Waals surface area contributed by atoms with Crippen LogP contribution in [0.3, 0.4) is 0 Å². The van der Waals surface area contributed by atoms with Gasteiger partial charge in [-0.05, 0) is 35.0 Å². The normalized spacial score (nSPS) is 10.4. The molecule has 0 spiro atoms. The minimum atomic E-state index is -0.254. The number of hydrogen-bond acceptors (Lipinski definition) is 4. The van der Waals surface area contributed by atoms with Gasteiger partial charge in [0.2, 0.25) is 5.13 Å². The molecular weight excluding hydrogens is 293 g/mol. The summed E-state index contributed by atoms with van der Waals surface area (Å²) in [6.45, 7) is 2.59. The van der Waals surface area contributed by atoms with Crippen molar-refractivity contribution < 1.29 is 4.39 Å². The van der Waals surface area contributed by atoms with Crippen LogP contribution in [0.4, 0.5) is 15.2 Å². The molecule has 0 unspecified atom stereocenters. The third-order valence-electron chi connectivity index (χ3n) is 2.08. The molecule has 2 rings (SSSR count). The summed E-state index contributed by atoms with van der Waals surface area (Å²) in [5.41, 5.74) is 0.522. The summed E-state index contributed by atoms with van der Waals surface area (Å²) in [5.74, 6) is -0.254. The third-order valence-corrected chi connectivity index (χ3v) is 3.46. The molecule has 16 heavy (non-hydrogen) atoms. The van der Waals surface area contributed by atoms with Gasteiger partial charge in [0.1, 0.15) is 5.82 Å². The molecule has 0 bridgehead atoms. The van der Waals surface area contributed by atoms with Crippen LogP contribution in [0.25, 0.3) is 0 Å². The van der Waals surface area contributed by atoms with Crippen molar-refractivity contribution in [1.82, 2.24) is 10.2 Å². The summed E-state index contributed by atoms with van der Waals surface area (Å²) in [4.78, 5) is 1.79. The Morgan fingerprint density at radius 1 is 1.38 bits per heavy atom. The lowest BCUT2D eigenvalue weighted by atomic mass is 10.3. The second kappa shape index (κ2) is 4.88. The topological polar surface area (TPSA) is 29.0 Å². The van der Waals surface area contributed by atoms with Crippen molar-refractivity contribution in [2.24, 2.45) is 0 Å². The van der Waals surface area contributed by atoms with Gasteiger partial charge in [-0.3, -0.25) is 0 Å². The highest BCUT2D eigenvalue weighted by atomic mass is 79.9. The maximum Gasteiger partial charge on any atom is 0.213 e. The summed E-state index contributed by atoms with van der Waals surface area (Å²) >= 11 is 4.62. The molecule has 6 heteroatoms. The Balaban J connectivity index is 2.40. The minimum Gasteiger partial charge on any atom is -0.314 e. The van der Waals surface area contributed by atoms with E-state index in [0.29, 0.717) is 21.3 Å². The molecule has 1 heterocycles. The first-order chi connectivity index (χ1) is 7.72. The number of halogens is 2. The highest BCUT2D eigenvalue weighted by Gasteiger charge is 2.15. The lowest BCUT2D eigenvalue weighted by Crippen LogP contribution is -2.17. The molecule has 0 N–H and O–H groups in total. The monoisotopic (exact) mass is 301 g/mol. The van der Waals surface area contributed by atoms with Crippen LogP contribution in [0.15, 0.2) is 28.2 Å². The van der Waals surface area contributed by atoms with Crippen LogP contribution in [0.1, 0.15) is 6.92 Å². The smallest absolute Gasteiger partial charge is 0.213 e. The van der Waals surface area contributed by atoms with E-state index in [1.165, 1.54) is 17.4 Å². The van der Waals surface area contributed by atoms with Gasteiger partial charge < -0.3 is 4.90 Å². The first-order valence-electron chi connectivity index (χ1n) is 4.73. The molecule has 0 amide bonds. The van der Waals surface area contributed by atoms with Crippen molar-refractivity contribution in [2.45, 2.75) is 6.92 Å². The first-order valence-corrected chi connectivity index (χ1v) is 6.34. The standard InChI is InChI=1S/C10H9BrFN3S/c1-2-15(10-14-13-9(11)16-10)8-6-4-3-5-7(8)12/h3-6H,2H2,1H3. The van der Waals surface area contributed by atoms with Crippen LogP contribution in [0.5, 0.6) is 0 Å². The van der Waals surface area contributed by atoms with E-state index < -0.39 is 0 Å². The second-order valence-electron chi connectivity index (χ2n) is 3.03. The highest BCUT2D eigenvalue weighted by Crippen LogP contribution is 2.31. The van der Waals surface area contributed by atoms with Crippen LogP contribution in [-0.4, -0.2) is 16.7 Å². The van der Waals surface area contributed by atoms with Gasteiger partial charge in [0.25, 0.3) is 0 Å². The van der Waals surface area contributed by atoms with Crippen LogP contribution >= 0.6 is 27.3 Å².